The van der Waals surface area contributed by atoms with Gasteiger partial charge >= 0.3 is 0 Å². The van der Waals surface area contributed by atoms with Gasteiger partial charge in [0, 0.05) is 18.8 Å². The fourth-order valence-electron chi connectivity index (χ4n) is 2.83. The molecule has 0 unspecified atom stereocenters. The van der Waals surface area contributed by atoms with Gasteiger partial charge in [-0.1, -0.05) is 12.8 Å². The zero-order valence-corrected chi connectivity index (χ0v) is 14.6. The van der Waals surface area contributed by atoms with Crippen LogP contribution in [0.3, 0.4) is 0 Å². The van der Waals surface area contributed by atoms with Gasteiger partial charge in [-0.3, -0.25) is 14.5 Å². The van der Waals surface area contributed by atoms with Gasteiger partial charge in [0.05, 0.1) is 20.2 Å². The van der Waals surface area contributed by atoms with Crippen molar-refractivity contribution in [2.45, 2.75) is 25.7 Å². The van der Waals surface area contributed by atoms with Gasteiger partial charge < -0.3 is 15.0 Å². The first-order chi connectivity index (χ1) is 11.6. The third-order valence-corrected chi connectivity index (χ3v) is 4.15. The van der Waals surface area contributed by atoms with Crippen molar-refractivity contribution in [3.8, 4) is 5.75 Å². The lowest BCUT2D eigenvalue weighted by Gasteiger charge is -2.23. The molecule has 1 N–H and O–H groups in total. The van der Waals surface area contributed by atoms with E-state index in [1.165, 1.54) is 12.8 Å². The maximum Gasteiger partial charge on any atom is 0.238 e. The molecule has 0 aromatic heterocycles. The standard InChI is InChI=1S/C18H27N3O3/c1-20(14-18(23)21-11-5-3-4-6-12-21)13-17(22)19-15-7-9-16(24-2)10-8-15/h7-10H,3-6,11-14H2,1-2H3,(H,19,22). The summed E-state index contributed by atoms with van der Waals surface area (Å²) in [5, 5.41) is 2.83. The molecule has 0 aliphatic carbocycles. The molecule has 2 rings (SSSR count). The van der Waals surface area contributed by atoms with Gasteiger partial charge in [0.15, 0.2) is 0 Å². The van der Waals surface area contributed by atoms with E-state index in [2.05, 4.69) is 5.32 Å². The van der Waals surface area contributed by atoms with Crippen LogP contribution in [0, 0.1) is 0 Å². The number of carbonyl (C=O) groups is 2. The highest BCUT2D eigenvalue weighted by Crippen LogP contribution is 2.15. The summed E-state index contributed by atoms with van der Waals surface area (Å²) in [6, 6.07) is 7.17. The number of methoxy groups -OCH3 is 1. The molecule has 1 aromatic carbocycles. The Morgan fingerprint density at radius 2 is 1.71 bits per heavy atom. The van der Waals surface area contributed by atoms with Gasteiger partial charge in [0.1, 0.15) is 5.75 Å². The maximum absolute atomic E-state index is 12.3. The van der Waals surface area contributed by atoms with Gasteiger partial charge in [0.25, 0.3) is 0 Å². The van der Waals surface area contributed by atoms with Crippen molar-refractivity contribution in [3.05, 3.63) is 24.3 Å². The van der Waals surface area contributed by atoms with Gasteiger partial charge in [-0.25, -0.2) is 0 Å². The number of carbonyl (C=O) groups excluding carboxylic acids is 2. The summed E-state index contributed by atoms with van der Waals surface area (Å²) in [5.41, 5.74) is 0.716. The van der Waals surface area contributed by atoms with E-state index in [4.69, 9.17) is 4.74 Å². The van der Waals surface area contributed by atoms with E-state index in [0.29, 0.717) is 5.69 Å². The highest BCUT2D eigenvalue weighted by Gasteiger charge is 2.18. The second-order valence-corrected chi connectivity index (χ2v) is 6.24. The highest BCUT2D eigenvalue weighted by atomic mass is 16.5. The SMILES string of the molecule is COc1ccc(NC(=O)CN(C)CC(=O)N2CCCCCC2)cc1. The summed E-state index contributed by atoms with van der Waals surface area (Å²) in [4.78, 5) is 28.1. The van der Waals surface area contributed by atoms with Crippen LogP contribution < -0.4 is 10.1 Å². The molecule has 6 nitrogen and oxygen atoms in total. The number of likely N-dealkylation sites (tertiary alicyclic amines) is 1. The molecule has 2 amide bonds. The molecular weight excluding hydrogens is 306 g/mol. The predicted octanol–water partition coefficient (Wildman–Crippen LogP) is 1.97. The number of ether oxygens (including phenoxy) is 1. The number of likely N-dealkylation sites (N-methyl/N-ethyl adjacent to an activating group) is 1. The lowest BCUT2D eigenvalue weighted by atomic mass is 10.2. The minimum absolute atomic E-state index is 0.108. The number of anilines is 1. The van der Waals surface area contributed by atoms with Crippen molar-refractivity contribution in [2.75, 3.05) is 45.7 Å². The van der Waals surface area contributed by atoms with Crippen LogP contribution in [0.25, 0.3) is 0 Å². The zero-order valence-electron chi connectivity index (χ0n) is 14.6. The van der Waals surface area contributed by atoms with E-state index in [9.17, 15) is 9.59 Å². The Kier molecular flexibility index (Phi) is 7.06. The first-order valence-corrected chi connectivity index (χ1v) is 8.48. The fraction of sp³-hybridized carbons (Fsp3) is 0.556. The normalized spacial score (nSPS) is 15.0. The maximum atomic E-state index is 12.3. The number of rotatable bonds is 6. The lowest BCUT2D eigenvalue weighted by Crippen LogP contribution is -2.41. The van der Waals surface area contributed by atoms with E-state index in [1.807, 2.05) is 4.90 Å². The van der Waals surface area contributed by atoms with Gasteiger partial charge in [-0.15, -0.1) is 0 Å². The molecule has 132 valence electrons. The van der Waals surface area contributed by atoms with Crippen LogP contribution in [-0.2, 0) is 9.59 Å². The predicted molar refractivity (Wildman–Crippen MR) is 94.2 cm³/mol. The third-order valence-electron chi connectivity index (χ3n) is 4.15. The summed E-state index contributed by atoms with van der Waals surface area (Å²) >= 11 is 0. The second kappa shape index (κ2) is 9.27. The monoisotopic (exact) mass is 333 g/mol. The topological polar surface area (TPSA) is 61.9 Å². The first kappa shape index (κ1) is 18.3. The van der Waals surface area contributed by atoms with Gasteiger partial charge in [-0.05, 0) is 44.2 Å². The van der Waals surface area contributed by atoms with Crippen molar-refractivity contribution in [2.24, 2.45) is 0 Å². The largest absolute Gasteiger partial charge is 0.497 e. The molecular formula is C18H27N3O3. The van der Waals surface area contributed by atoms with E-state index >= 15 is 0 Å². The Labute approximate surface area is 143 Å². The number of hydrogen-bond donors (Lipinski definition) is 1. The van der Waals surface area contributed by atoms with Crippen molar-refractivity contribution in [1.29, 1.82) is 0 Å². The Morgan fingerprint density at radius 1 is 1.08 bits per heavy atom. The number of nitrogens with one attached hydrogen (secondary N) is 1. The van der Waals surface area contributed by atoms with E-state index in [-0.39, 0.29) is 24.9 Å². The lowest BCUT2D eigenvalue weighted by molar-refractivity contribution is -0.132. The molecule has 1 aromatic rings. The Hall–Kier alpha value is -2.08. The molecule has 1 aliphatic rings. The molecule has 0 bridgehead atoms. The smallest absolute Gasteiger partial charge is 0.238 e. The van der Waals surface area contributed by atoms with Crippen LogP contribution in [0.4, 0.5) is 5.69 Å². The minimum atomic E-state index is -0.133. The second-order valence-electron chi connectivity index (χ2n) is 6.24. The summed E-state index contributed by atoms with van der Waals surface area (Å²) in [5.74, 6) is 0.719. The molecule has 24 heavy (non-hydrogen) atoms. The van der Waals surface area contributed by atoms with E-state index < -0.39 is 0 Å². The van der Waals surface area contributed by atoms with E-state index in [0.717, 1.165) is 31.7 Å². The van der Waals surface area contributed by atoms with Crippen molar-refractivity contribution in [3.63, 3.8) is 0 Å². The third kappa shape index (κ3) is 5.85. The average Bonchev–Trinajstić information content (AvgIpc) is 2.84. The van der Waals surface area contributed by atoms with Gasteiger partial charge in [-0.2, -0.15) is 0 Å². The van der Waals surface area contributed by atoms with Crippen LogP contribution in [0.5, 0.6) is 5.75 Å². The molecule has 0 radical (unpaired) electrons. The summed E-state index contributed by atoms with van der Waals surface area (Å²) in [6.45, 7) is 2.14. The molecule has 1 aliphatic heterocycles. The quantitative estimate of drug-likeness (QED) is 0.864. The van der Waals surface area contributed by atoms with Crippen molar-refractivity contribution in [1.82, 2.24) is 9.80 Å². The summed E-state index contributed by atoms with van der Waals surface area (Å²) in [6.07, 6.45) is 4.55. The van der Waals surface area contributed by atoms with Crippen LogP contribution in [0.15, 0.2) is 24.3 Å². The summed E-state index contributed by atoms with van der Waals surface area (Å²) < 4.78 is 5.09. The van der Waals surface area contributed by atoms with Crippen LogP contribution in [0.1, 0.15) is 25.7 Å². The first-order valence-electron chi connectivity index (χ1n) is 8.48. The Bertz CT molecular complexity index is 537. The average molecular weight is 333 g/mol. The van der Waals surface area contributed by atoms with Crippen molar-refractivity contribution >= 4 is 17.5 Å². The van der Waals surface area contributed by atoms with Crippen LogP contribution in [0.2, 0.25) is 0 Å². The number of amides is 2. The van der Waals surface area contributed by atoms with E-state index in [1.54, 1.807) is 43.3 Å². The Balaban J connectivity index is 1.76. The molecule has 1 fully saturated rings. The zero-order chi connectivity index (χ0) is 17.4. The highest BCUT2D eigenvalue weighted by molar-refractivity contribution is 5.92. The number of hydrogen-bond acceptors (Lipinski definition) is 4. The number of nitrogens with zero attached hydrogens (tertiary/aromatic N) is 2. The fourth-order valence-corrected chi connectivity index (χ4v) is 2.83. The van der Waals surface area contributed by atoms with Gasteiger partial charge in [0.2, 0.25) is 11.8 Å². The molecule has 0 spiro atoms. The van der Waals surface area contributed by atoms with Crippen LogP contribution in [-0.4, -0.2) is 62.0 Å². The molecule has 0 saturated carbocycles. The molecule has 0 atom stereocenters. The molecule has 1 saturated heterocycles. The molecule has 6 heteroatoms. The van der Waals surface area contributed by atoms with Crippen LogP contribution >= 0.6 is 0 Å². The van der Waals surface area contributed by atoms with Crippen molar-refractivity contribution < 1.29 is 14.3 Å². The molecule has 1 heterocycles. The minimum Gasteiger partial charge on any atom is -0.497 e. The Morgan fingerprint density at radius 3 is 2.29 bits per heavy atom. The summed E-state index contributed by atoms with van der Waals surface area (Å²) in [7, 11) is 3.40. The number of benzene rings is 1.